The van der Waals surface area contributed by atoms with Crippen molar-refractivity contribution >= 4 is 62.3 Å². The number of benzene rings is 4. The molecule has 0 heterocycles. The molecule has 1 atom stereocenters. The molecule has 4 aromatic rings. The lowest BCUT2D eigenvalue weighted by molar-refractivity contribution is -0.140. The van der Waals surface area contributed by atoms with E-state index in [0.717, 1.165) is 53.1 Å². The molecular weight excluding hydrogens is 689 g/mol. The average molecular weight is 727 g/mol. The van der Waals surface area contributed by atoms with Gasteiger partial charge in [-0.2, -0.15) is 0 Å². The second kappa shape index (κ2) is 16.2. The Morgan fingerprint density at radius 3 is 2.12 bits per heavy atom. The second-order valence-electron chi connectivity index (χ2n) is 12.1. The molecule has 0 spiro atoms. The highest BCUT2D eigenvalue weighted by atomic mass is 35.5. The van der Waals surface area contributed by atoms with Crippen molar-refractivity contribution < 1.29 is 18.0 Å². The second-order valence-corrected chi connectivity index (χ2v) is 15.3. The first-order chi connectivity index (χ1) is 23.0. The van der Waals surface area contributed by atoms with E-state index >= 15 is 0 Å². The molecular formula is C37H38Cl3N3O4S. The van der Waals surface area contributed by atoms with Gasteiger partial charge in [-0.15, -0.1) is 0 Å². The number of amides is 2. The summed E-state index contributed by atoms with van der Waals surface area (Å²) in [6.07, 6.45) is 5.12. The van der Waals surface area contributed by atoms with Gasteiger partial charge in [0.1, 0.15) is 12.6 Å². The number of hydrogen-bond acceptors (Lipinski definition) is 4. The zero-order chi connectivity index (χ0) is 34.3. The lowest BCUT2D eigenvalue weighted by atomic mass is 9.94. The maximum atomic E-state index is 14.7. The molecule has 1 saturated carbocycles. The van der Waals surface area contributed by atoms with Crippen LogP contribution in [0.1, 0.15) is 48.8 Å². The lowest BCUT2D eigenvalue weighted by Crippen LogP contribution is -2.55. The molecule has 1 fully saturated rings. The van der Waals surface area contributed by atoms with E-state index in [2.05, 4.69) is 5.32 Å². The monoisotopic (exact) mass is 725 g/mol. The molecule has 0 saturated heterocycles. The third-order valence-electron chi connectivity index (χ3n) is 8.55. The molecule has 48 heavy (non-hydrogen) atoms. The smallest absolute Gasteiger partial charge is 0.264 e. The molecule has 0 aromatic heterocycles. The van der Waals surface area contributed by atoms with Crippen LogP contribution < -0.4 is 9.62 Å². The van der Waals surface area contributed by atoms with E-state index in [0.29, 0.717) is 5.02 Å². The molecule has 4 aromatic carbocycles. The molecule has 0 radical (unpaired) electrons. The predicted octanol–water partition coefficient (Wildman–Crippen LogP) is 8.24. The van der Waals surface area contributed by atoms with Crippen LogP contribution in [-0.2, 0) is 32.6 Å². The number of rotatable bonds is 12. The van der Waals surface area contributed by atoms with Crippen molar-refractivity contribution in [1.29, 1.82) is 0 Å². The van der Waals surface area contributed by atoms with Gasteiger partial charge >= 0.3 is 0 Å². The average Bonchev–Trinajstić information content (AvgIpc) is 3.08. The molecule has 1 aliphatic carbocycles. The first kappa shape index (κ1) is 35.7. The van der Waals surface area contributed by atoms with E-state index in [4.69, 9.17) is 34.8 Å². The van der Waals surface area contributed by atoms with Crippen molar-refractivity contribution in [2.75, 3.05) is 10.8 Å². The number of anilines is 1. The zero-order valence-corrected chi connectivity index (χ0v) is 29.7. The minimum Gasteiger partial charge on any atom is -0.352 e. The van der Waals surface area contributed by atoms with Gasteiger partial charge in [-0.1, -0.05) is 114 Å². The van der Waals surface area contributed by atoms with Crippen molar-refractivity contribution in [3.8, 4) is 0 Å². The van der Waals surface area contributed by atoms with Crippen LogP contribution in [0.5, 0.6) is 0 Å². The highest BCUT2D eigenvalue weighted by molar-refractivity contribution is 7.92. The first-order valence-corrected chi connectivity index (χ1v) is 18.5. The number of hydrogen-bond donors (Lipinski definition) is 1. The lowest BCUT2D eigenvalue weighted by Gasteiger charge is -2.35. The third kappa shape index (κ3) is 9.11. The van der Waals surface area contributed by atoms with Crippen LogP contribution in [0.25, 0.3) is 0 Å². The molecule has 2 amide bonds. The van der Waals surface area contributed by atoms with Crippen molar-refractivity contribution in [1.82, 2.24) is 10.2 Å². The summed E-state index contributed by atoms with van der Waals surface area (Å²) < 4.78 is 29.5. The number of sulfonamides is 1. The maximum Gasteiger partial charge on any atom is 0.264 e. The summed E-state index contributed by atoms with van der Waals surface area (Å²) in [7, 11) is -4.32. The first-order valence-electron chi connectivity index (χ1n) is 15.9. The fourth-order valence-electron chi connectivity index (χ4n) is 5.91. The van der Waals surface area contributed by atoms with Gasteiger partial charge < -0.3 is 10.2 Å². The van der Waals surface area contributed by atoms with Crippen LogP contribution in [-0.4, -0.2) is 43.8 Å². The van der Waals surface area contributed by atoms with E-state index in [9.17, 15) is 18.0 Å². The Labute approximate surface area is 297 Å². The molecule has 1 N–H and O–H groups in total. The fourth-order valence-corrected chi connectivity index (χ4v) is 7.90. The Morgan fingerprint density at radius 1 is 0.812 bits per heavy atom. The molecule has 252 valence electrons. The summed E-state index contributed by atoms with van der Waals surface area (Å²) in [6.45, 7) is 1.25. The Bertz CT molecular complexity index is 1820. The standard InChI is InChI=1S/C37H38Cl3N3O4S/c1-26-12-19-32(20-13-26)48(46,47)43(34-23-30(39)18-21-33(34)40)25-36(44)42(24-28-14-16-29(38)17-15-28)35(22-27-8-4-2-5-9-27)37(45)41-31-10-6-3-7-11-31/h2,4-5,8-9,12-21,23,31,35H,3,6-7,10-11,22,24-25H2,1H3,(H,41,45)/t35-/m0/s1. The van der Waals surface area contributed by atoms with Gasteiger partial charge in [-0.3, -0.25) is 13.9 Å². The van der Waals surface area contributed by atoms with E-state index in [1.165, 1.54) is 29.2 Å². The third-order valence-corrected chi connectivity index (χ3v) is 11.1. The van der Waals surface area contributed by atoms with Gasteiger partial charge in [-0.25, -0.2) is 8.42 Å². The Hall–Kier alpha value is -3.56. The molecule has 1 aliphatic rings. The molecule has 11 heteroatoms. The van der Waals surface area contributed by atoms with Gasteiger partial charge in [-0.05, 0) is 73.4 Å². The van der Waals surface area contributed by atoms with Gasteiger partial charge in [0, 0.05) is 29.1 Å². The Kier molecular flexibility index (Phi) is 12.1. The van der Waals surface area contributed by atoms with Gasteiger partial charge in [0.2, 0.25) is 11.8 Å². The Morgan fingerprint density at radius 2 is 1.46 bits per heavy atom. The number of aryl methyl sites for hydroxylation is 1. The molecule has 0 aliphatic heterocycles. The predicted molar refractivity (Wildman–Crippen MR) is 193 cm³/mol. The summed E-state index contributed by atoms with van der Waals surface area (Å²) >= 11 is 19.1. The molecule has 7 nitrogen and oxygen atoms in total. The minimum absolute atomic E-state index is 0.000637. The van der Waals surface area contributed by atoms with Crippen LogP contribution in [0.2, 0.25) is 15.1 Å². The quantitative estimate of drug-likeness (QED) is 0.159. The molecule has 0 bridgehead atoms. The van der Waals surface area contributed by atoms with Gasteiger partial charge in [0.25, 0.3) is 10.0 Å². The normalized spacial score (nSPS) is 14.2. The van der Waals surface area contributed by atoms with Crippen LogP contribution >= 0.6 is 34.8 Å². The molecule has 5 rings (SSSR count). The summed E-state index contributed by atoms with van der Waals surface area (Å²) in [5.74, 6) is -0.877. The van der Waals surface area contributed by atoms with Crippen molar-refractivity contribution in [3.05, 3.63) is 129 Å². The van der Waals surface area contributed by atoms with E-state index in [-0.39, 0.29) is 45.5 Å². The summed E-state index contributed by atoms with van der Waals surface area (Å²) in [5.41, 5.74) is 2.51. The minimum atomic E-state index is -4.32. The maximum absolute atomic E-state index is 14.7. The number of carbonyl (C=O) groups excluding carboxylic acids is 2. The van der Waals surface area contributed by atoms with Gasteiger partial charge in [0.15, 0.2) is 0 Å². The van der Waals surface area contributed by atoms with E-state index < -0.39 is 28.5 Å². The summed E-state index contributed by atoms with van der Waals surface area (Å²) in [4.78, 5) is 30.4. The molecule has 0 unspecified atom stereocenters. The van der Waals surface area contributed by atoms with Gasteiger partial charge in [0.05, 0.1) is 15.6 Å². The summed E-state index contributed by atoms with van der Waals surface area (Å²) in [6, 6.07) is 26.3. The SMILES string of the molecule is Cc1ccc(S(=O)(=O)N(CC(=O)N(Cc2ccc(Cl)cc2)[C@@H](Cc2ccccc2)C(=O)NC2CCCCC2)c2cc(Cl)ccc2Cl)cc1. The van der Waals surface area contributed by atoms with E-state index in [1.54, 1.807) is 42.5 Å². The van der Waals surface area contributed by atoms with Crippen molar-refractivity contribution in [2.24, 2.45) is 0 Å². The highest BCUT2D eigenvalue weighted by Crippen LogP contribution is 2.33. The topological polar surface area (TPSA) is 86.8 Å². The Balaban J connectivity index is 1.58. The van der Waals surface area contributed by atoms with Crippen molar-refractivity contribution in [3.63, 3.8) is 0 Å². The van der Waals surface area contributed by atoms with Crippen LogP contribution in [0.3, 0.4) is 0 Å². The number of carbonyl (C=O) groups is 2. The fraction of sp³-hybridized carbons (Fsp3) is 0.297. The summed E-state index contributed by atoms with van der Waals surface area (Å²) in [5, 5.41) is 4.08. The number of nitrogens with one attached hydrogen (secondary N) is 1. The van der Waals surface area contributed by atoms with Crippen LogP contribution in [0, 0.1) is 6.92 Å². The van der Waals surface area contributed by atoms with Crippen LogP contribution in [0.15, 0.2) is 102 Å². The van der Waals surface area contributed by atoms with Crippen LogP contribution in [0.4, 0.5) is 5.69 Å². The van der Waals surface area contributed by atoms with E-state index in [1.807, 2.05) is 37.3 Å². The number of nitrogens with zero attached hydrogens (tertiary/aromatic N) is 2. The highest BCUT2D eigenvalue weighted by Gasteiger charge is 2.36. The largest absolute Gasteiger partial charge is 0.352 e. The number of halogens is 3. The van der Waals surface area contributed by atoms with Crippen molar-refractivity contribution in [2.45, 2.75) is 69.0 Å². The zero-order valence-electron chi connectivity index (χ0n) is 26.6.